The molecule has 0 fully saturated rings. The maximum atomic E-state index is 11.3. The summed E-state index contributed by atoms with van der Waals surface area (Å²) in [7, 11) is -1.02. The SMILES string of the molecule is CCN(CC)CC.O=C(O)c1ccc(O)c(P(c2ccccc2)c2ccccc2)c1. The number of rotatable bonds is 7. The van der Waals surface area contributed by atoms with Crippen LogP contribution in [0.5, 0.6) is 5.75 Å². The number of carboxylic acid groups (broad SMARTS) is 1. The van der Waals surface area contributed by atoms with Gasteiger partial charge in [0.05, 0.1) is 5.56 Å². The van der Waals surface area contributed by atoms with Crippen molar-refractivity contribution in [2.45, 2.75) is 20.8 Å². The number of carbonyl (C=O) groups is 1. The lowest BCUT2D eigenvalue weighted by Gasteiger charge is -2.20. The fourth-order valence-corrected chi connectivity index (χ4v) is 5.45. The second-order valence-corrected chi connectivity index (χ2v) is 8.82. The third-order valence-electron chi connectivity index (χ3n) is 4.83. The van der Waals surface area contributed by atoms with E-state index in [0.717, 1.165) is 10.6 Å². The minimum atomic E-state index is -1.02. The number of aromatic hydroxyl groups is 1. The van der Waals surface area contributed by atoms with Crippen LogP contribution < -0.4 is 15.9 Å². The van der Waals surface area contributed by atoms with Gasteiger partial charge in [0.25, 0.3) is 0 Å². The van der Waals surface area contributed by atoms with Gasteiger partial charge in [0.15, 0.2) is 0 Å². The summed E-state index contributed by atoms with van der Waals surface area (Å²) in [4.78, 5) is 13.7. The number of carboxylic acids is 1. The minimum Gasteiger partial charge on any atom is -0.507 e. The van der Waals surface area contributed by atoms with Gasteiger partial charge >= 0.3 is 5.97 Å². The van der Waals surface area contributed by atoms with Crippen molar-refractivity contribution in [1.82, 2.24) is 4.90 Å². The van der Waals surface area contributed by atoms with Crippen LogP contribution in [-0.4, -0.2) is 40.7 Å². The van der Waals surface area contributed by atoms with Crippen molar-refractivity contribution in [2.24, 2.45) is 0 Å². The monoisotopic (exact) mass is 423 g/mol. The summed E-state index contributed by atoms with van der Waals surface area (Å²) in [6.45, 7) is 10.1. The van der Waals surface area contributed by atoms with Gasteiger partial charge in [-0.05, 0) is 56.4 Å². The molecule has 0 amide bonds. The third-order valence-corrected chi connectivity index (χ3v) is 7.30. The highest BCUT2D eigenvalue weighted by atomic mass is 31.1. The Morgan fingerprint density at radius 1 is 0.800 bits per heavy atom. The normalized spacial score (nSPS) is 10.6. The molecule has 4 nitrogen and oxygen atoms in total. The first-order valence-electron chi connectivity index (χ1n) is 10.2. The summed E-state index contributed by atoms with van der Waals surface area (Å²) in [5, 5.41) is 22.4. The Labute approximate surface area is 180 Å². The summed E-state index contributed by atoms with van der Waals surface area (Å²) in [6.07, 6.45) is 0. The molecule has 5 heteroatoms. The van der Waals surface area contributed by atoms with E-state index in [2.05, 4.69) is 25.7 Å². The molecule has 0 unspecified atom stereocenters. The van der Waals surface area contributed by atoms with Gasteiger partial charge in [-0.2, -0.15) is 0 Å². The predicted molar refractivity (Wildman–Crippen MR) is 127 cm³/mol. The number of phenols is 1. The number of phenolic OH excluding ortho intramolecular Hbond substituents is 1. The number of aromatic carboxylic acids is 1. The molecule has 0 bridgehead atoms. The van der Waals surface area contributed by atoms with Gasteiger partial charge in [0.1, 0.15) is 5.75 Å². The predicted octanol–water partition coefficient (Wildman–Crippen LogP) is 4.20. The van der Waals surface area contributed by atoms with Crippen molar-refractivity contribution in [1.29, 1.82) is 0 Å². The number of benzene rings is 3. The summed E-state index contributed by atoms with van der Waals surface area (Å²) in [5.41, 5.74) is 0.178. The molecule has 0 saturated heterocycles. The highest BCUT2D eigenvalue weighted by Gasteiger charge is 2.21. The van der Waals surface area contributed by atoms with Crippen LogP contribution in [0.4, 0.5) is 0 Å². The van der Waals surface area contributed by atoms with Crippen molar-refractivity contribution in [3.63, 3.8) is 0 Å². The molecular weight excluding hydrogens is 393 g/mol. The Balaban J connectivity index is 0.000000396. The van der Waals surface area contributed by atoms with Crippen molar-refractivity contribution in [2.75, 3.05) is 19.6 Å². The summed E-state index contributed by atoms with van der Waals surface area (Å²) >= 11 is 0. The van der Waals surface area contributed by atoms with Crippen LogP contribution in [0.3, 0.4) is 0 Å². The number of nitrogens with zero attached hydrogens (tertiary/aromatic N) is 1. The average Bonchev–Trinajstić information content (AvgIpc) is 2.78. The fraction of sp³-hybridized carbons (Fsp3) is 0.240. The lowest BCUT2D eigenvalue weighted by atomic mass is 10.2. The molecule has 0 heterocycles. The van der Waals surface area contributed by atoms with Crippen molar-refractivity contribution in [3.05, 3.63) is 84.4 Å². The first-order valence-corrected chi connectivity index (χ1v) is 11.5. The molecule has 0 aliphatic rings. The lowest BCUT2D eigenvalue weighted by molar-refractivity contribution is 0.0697. The zero-order valence-corrected chi connectivity index (χ0v) is 18.7. The zero-order chi connectivity index (χ0) is 21.9. The topological polar surface area (TPSA) is 60.8 Å². The Morgan fingerprint density at radius 3 is 1.63 bits per heavy atom. The van der Waals surface area contributed by atoms with Crippen LogP contribution in [0.1, 0.15) is 31.1 Å². The molecule has 2 N–H and O–H groups in total. The summed E-state index contributed by atoms with van der Waals surface area (Å²) in [6, 6.07) is 24.2. The number of hydrogen-bond acceptors (Lipinski definition) is 3. The highest BCUT2D eigenvalue weighted by Crippen LogP contribution is 2.36. The number of hydrogen-bond donors (Lipinski definition) is 2. The average molecular weight is 423 g/mol. The zero-order valence-electron chi connectivity index (χ0n) is 17.8. The van der Waals surface area contributed by atoms with E-state index in [1.165, 1.54) is 31.8 Å². The molecule has 0 aromatic heterocycles. The van der Waals surface area contributed by atoms with E-state index < -0.39 is 13.9 Å². The van der Waals surface area contributed by atoms with Gasteiger partial charge in [-0.15, -0.1) is 0 Å². The first-order chi connectivity index (χ1) is 14.5. The van der Waals surface area contributed by atoms with Crippen LogP contribution in [0, 0.1) is 0 Å². The summed E-state index contributed by atoms with van der Waals surface area (Å²) in [5.74, 6) is -0.879. The van der Waals surface area contributed by atoms with Gasteiger partial charge in [0, 0.05) is 5.30 Å². The Hall–Kier alpha value is -2.68. The molecule has 0 aliphatic heterocycles. The van der Waals surface area contributed by atoms with E-state index in [4.69, 9.17) is 0 Å². The molecule has 0 atom stereocenters. The van der Waals surface area contributed by atoms with Crippen molar-refractivity contribution in [3.8, 4) is 5.75 Å². The second kappa shape index (κ2) is 12.1. The Kier molecular flexibility index (Phi) is 9.53. The van der Waals surface area contributed by atoms with E-state index in [9.17, 15) is 15.0 Å². The van der Waals surface area contributed by atoms with E-state index in [1.54, 1.807) is 6.07 Å². The quantitative estimate of drug-likeness (QED) is 0.560. The second-order valence-electron chi connectivity index (χ2n) is 6.63. The lowest BCUT2D eigenvalue weighted by Crippen LogP contribution is -2.21. The standard InChI is InChI=1S/C19H15O3P.C6H15N/c20-17-12-11-14(19(21)22)13-18(17)23(15-7-3-1-4-8-15)16-9-5-2-6-10-16;1-4-7(5-2)6-3/h1-13,20H,(H,21,22);4-6H2,1-3H3. The molecule has 158 valence electrons. The van der Waals surface area contributed by atoms with Crippen molar-refractivity contribution >= 4 is 29.8 Å². The molecule has 3 rings (SSSR count). The maximum absolute atomic E-state index is 11.3. The molecule has 0 radical (unpaired) electrons. The van der Waals surface area contributed by atoms with Gasteiger partial charge in [-0.25, -0.2) is 4.79 Å². The molecular formula is C25H30NO3P. The fourth-order valence-electron chi connectivity index (χ4n) is 3.09. The van der Waals surface area contributed by atoms with Gasteiger partial charge in [-0.1, -0.05) is 81.4 Å². The van der Waals surface area contributed by atoms with Crippen LogP contribution in [0.15, 0.2) is 78.9 Å². The smallest absolute Gasteiger partial charge is 0.335 e. The highest BCUT2D eigenvalue weighted by molar-refractivity contribution is 7.80. The van der Waals surface area contributed by atoms with Crippen LogP contribution in [0.25, 0.3) is 0 Å². The van der Waals surface area contributed by atoms with Crippen molar-refractivity contribution < 1.29 is 15.0 Å². The van der Waals surface area contributed by atoms with Crippen LogP contribution in [0.2, 0.25) is 0 Å². The van der Waals surface area contributed by atoms with Gasteiger partial charge in [-0.3, -0.25) is 0 Å². The van der Waals surface area contributed by atoms with E-state index in [-0.39, 0.29) is 11.3 Å². The van der Waals surface area contributed by atoms with Gasteiger partial charge in [0.2, 0.25) is 0 Å². The summed E-state index contributed by atoms with van der Waals surface area (Å²) < 4.78 is 0. The van der Waals surface area contributed by atoms with Crippen LogP contribution in [-0.2, 0) is 0 Å². The molecule has 30 heavy (non-hydrogen) atoms. The van der Waals surface area contributed by atoms with E-state index >= 15 is 0 Å². The molecule has 0 spiro atoms. The van der Waals surface area contributed by atoms with Gasteiger partial charge < -0.3 is 15.1 Å². The molecule has 3 aromatic rings. The largest absolute Gasteiger partial charge is 0.507 e. The molecule has 0 aliphatic carbocycles. The van der Waals surface area contributed by atoms with Crippen LogP contribution >= 0.6 is 7.92 Å². The van der Waals surface area contributed by atoms with E-state index in [1.807, 2.05) is 60.7 Å². The molecule has 3 aromatic carbocycles. The first kappa shape index (κ1) is 23.6. The third kappa shape index (κ3) is 6.41. The minimum absolute atomic E-state index is 0.119. The molecule has 0 saturated carbocycles. The van der Waals surface area contributed by atoms with E-state index in [0.29, 0.717) is 5.30 Å². The maximum Gasteiger partial charge on any atom is 0.335 e. The Bertz CT molecular complexity index is 867. The Morgan fingerprint density at radius 2 is 1.27 bits per heavy atom.